The van der Waals surface area contributed by atoms with E-state index < -0.39 is 0 Å². The van der Waals surface area contributed by atoms with Gasteiger partial charge in [-0.1, -0.05) is 0 Å². The zero-order chi connectivity index (χ0) is 12.6. The van der Waals surface area contributed by atoms with Gasteiger partial charge in [0.05, 0.1) is 6.61 Å². The van der Waals surface area contributed by atoms with E-state index >= 15 is 0 Å². The molecule has 0 aliphatic rings. The van der Waals surface area contributed by atoms with Crippen molar-refractivity contribution in [1.29, 1.82) is 0 Å². The SMILES string of the molecule is COCCn1cnnc1CCNc1ncccn1. The summed E-state index contributed by atoms with van der Waals surface area (Å²) < 4.78 is 7.02. The number of nitrogens with zero attached hydrogens (tertiary/aromatic N) is 5. The Morgan fingerprint density at radius 2 is 2.17 bits per heavy atom. The summed E-state index contributed by atoms with van der Waals surface area (Å²) in [6.07, 6.45) is 5.89. The van der Waals surface area contributed by atoms with Crippen LogP contribution >= 0.6 is 0 Å². The Labute approximate surface area is 105 Å². The fraction of sp³-hybridized carbons (Fsp3) is 0.455. The molecule has 0 spiro atoms. The van der Waals surface area contributed by atoms with Crippen LogP contribution in [0.1, 0.15) is 5.82 Å². The molecule has 0 amide bonds. The third-order valence-corrected chi connectivity index (χ3v) is 2.43. The molecule has 2 aromatic rings. The number of nitrogens with one attached hydrogen (secondary N) is 1. The Kier molecular flexibility index (Phi) is 4.60. The zero-order valence-electron chi connectivity index (χ0n) is 10.3. The summed E-state index contributed by atoms with van der Waals surface area (Å²) in [5, 5.41) is 11.1. The molecule has 0 aromatic carbocycles. The smallest absolute Gasteiger partial charge is 0.222 e. The first-order chi connectivity index (χ1) is 8.90. The first kappa shape index (κ1) is 12.4. The molecule has 2 heterocycles. The third kappa shape index (κ3) is 3.49. The van der Waals surface area contributed by atoms with E-state index in [1.807, 2.05) is 4.57 Å². The zero-order valence-corrected chi connectivity index (χ0v) is 10.3. The number of methoxy groups -OCH3 is 1. The average Bonchev–Trinajstić information content (AvgIpc) is 2.85. The second kappa shape index (κ2) is 6.65. The molecule has 0 aliphatic carbocycles. The molecular formula is C11H16N6O. The lowest BCUT2D eigenvalue weighted by atomic mass is 10.4. The van der Waals surface area contributed by atoms with Crippen LogP contribution in [0.3, 0.4) is 0 Å². The van der Waals surface area contributed by atoms with E-state index in [2.05, 4.69) is 25.5 Å². The number of hydrogen-bond donors (Lipinski definition) is 1. The summed E-state index contributed by atoms with van der Waals surface area (Å²) in [7, 11) is 1.68. The molecule has 0 radical (unpaired) electrons. The third-order valence-electron chi connectivity index (χ3n) is 2.43. The van der Waals surface area contributed by atoms with Gasteiger partial charge in [0.25, 0.3) is 0 Å². The normalized spacial score (nSPS) is 10.5. The van der Waals surface area contributed by atoms with Gasteiger partial charge in [-0.15, -0.1) is 10.2 Å². The van der Waals surface area contributed by atoms with Crippen molar-refractivity contribution in [1.82, 2.24) is 24.7 Å². The fourth-order valence-corrected chi connectivity index (χ4v) is 1.53. The van der Waals surface area contributed by atoms with Crippen LogP contribution in [0.15, 0.2) is 24.8 Å². The van der Waals surface area contributed by atoms with Crippen molar-refractivity contribution in [2.75, 3.05) is 25.6 Å². The summed E-state index contributed by atoms with van der Waals surface area (Å²) in [4.78, 5) is 8.17. The summed E-state index contributed by atoms with van der Waals surface area (Å²) in [5.41, 5.74) is 0. The summed E-state index contributed by atoms with van der Waals surface area (Å²) >= 11 is 0. The molecule has 0 atom stereocenters. The highest BCUT2D eigenvalue weighted by Gasteiger charge is 2.03. The Morgan fingerprint density at radius 3 is 2.94 bits per heavy atom. The Hall–Kier alpha value is -2.02. The van der Waals surface area contributed by atoms with Crippen LogP contribution in [0.2, 0.25) is 0 Å². The topological polar surface area (TPSA) is 77.8 Å². The van der Waals surface area contributed by atoms with Gasteiger partial charge in [-0.25, -0.2) is 9.97 Å². The lowest BCUT2D eigenvalue weighted by Crippen LogP contribution is -2.13. The molecule has 0 saturated carbocycles. The first-order valence-electron chi connectivity index (χ1n) is 5.76. The standard InChI is InChI=1S/C11H16N6O/c1-18-8-7-17-9-15-16-10(17)3-6-14-11-12-4-2-5-13-11/h2,4-5,9H,3,6-8H2,1H3,(H,12,13,14). The van der Waals surface area contributed by atoms with E-state index in [-0.39, 0.29) is 0 Å². The van der Waals surface area contributed by atoms with E-state index in [1.54, 1.807) is 31.9 Å². The maximum absolute atomic E-state index is 5.03. The number of aromatic nitrogens is 5. The van der Waals surface area contributed by atoms with Crippen molar-refractivity contribution in [3.8, 4) is 0 Å². The molecule has 0 aliphatic heterocycles. The maximum atomic E-state index is 5.03. The van der Waals surface area contributed by atoms with E-state index in [9.17, 15) is 0 Å². The largest absolute Gasteiger partial charge is 0.383 e. The van der Waals surface area contributed by atoms with Gasteiger partial charge in [-0.2, -0.15) is 0 Å². The van der Waals surface area contributed by atoms with Crippen molar-refractivity contribution in [2.45, 2.75) is 13.0 Å². The lowest BCUT2D eigenvalue weighted by Gasteiger charge is -2.06. The average molecular weight is 248 g/mol. The van der Waals surface area contributed by atoms with Gasteiger partial charge in [-0.3, -0.25) is 0 Å². The quantitative estimate of drug-likeness (QED) is 0.762. The lowest BCUT2D eigenvalue weighted by molar-refractivity contribution is 0.186. The van der Waals surface area contributed by atoms with E-state index in [0.717, 1.165) is 25.3 Å². The van der Waals surface area contributed by atoms with Crippen molar-refractivity contribution in [3.63, 3.8) is 0 Å². The van der Waals surface area contributed by atoms with Gasteiger partial charge in [0, 0.05) is 39.0 Å². The predicted octanol–water partition coefficient (Wildman–Crippen LogP) is 0.369. The molecule has 0 bridgehead atoms. The number of rotatable bonds is 7. The Bertz CT molecular complexity index is 458. The summed E-state index contributed by atoms with van der Waals surface area (Å²) in [5.74, 6) is 1.55. The molecule has 7 heteroatoms. The Balaban J connectivity index is 1.81. The molecule has 96 valence electrons. The monoisotopic (exact) mass is 248 g/mol. The predicted molar refractivity (Wildman–Crippen MR) is 66.1 cm³/mol. The van der Waals surface area contributed by atoms with Crippen LogP contribution in [0.4, 0.5) is 5.95 Å². The van der Waals surface area contributed by atoms with Crippen LogP contribution < -0.4 is 5.32 Å². The molecular weight excluding hydrogens is 232 g/mol. The van der Waals surface area contributed by atoms with Crippen LogP contribution in [-0.4, -0.2) is 45.0 Å². The van der Waals surface area contributed by atoms with E-state index in [1.165, 1.54) is 0 Å². The number of hydrogen-bond acceptors (Lipinski definition) is 6. The molecule has 1 N–H and O–H groups in total. The van der Waals surface area contributed by atoms with Crippen LogP contribution in [-0.2, 0) is 17.7 Å². The molecule has 18 heavy (non-hydrogen) atoms. The van der Waals surface area contributed by atoms with Crippen LogP contribution in [0, 0.1) is 0 Å². The Morgan fingerprint density at radius 1 is 1.33 bits per heavy atom. The second-order valence-corrected chi connectivity index (χ2v) is 3.68. The minimum Gasteiger partial charge on any atom is -0.383 e. The van der Waals surface area contributed by atoms with E-state index in [4.69, 9.17) is 4.74 Å². The first-order valence-corrected chi connectivity index (χ1v) is 5.76. The highest BCUT2D eigenvalue weighted by Crippen LogP contribution is 1.99. The van der Waals surface area contributed by atoms with Crippen molar-refractivity contribution >= 4 is 5.95 Å². The van der Waals surface area contributed by atoms with Gasteiger partial charge in [-0.05, 0) is 6.07 Å². The van der Waals surface area contributed by atoms with Crippen molar-refractivity contribution in [3.05, 3.63) is 30.6 Å². The van der Waals surface area contributed by atoms with Gasteiger partial charge in [0.15, 0.2) is 0 Å². The van der Waals surface area contributed by atoms with Gasteiger partial charge < -0.3 is 14.6 Å². The van der Waals surface area contributed by atoms with Crippen molar-refractivity contribution in [2.24, 2.45) is 0 Å². The second-order valence-electron chi connectivity index (χ2n) is 3.68. The van der Waals surface area contributed by atoms with Crippen LogP contribution in [0.5, 0.6) is 0 Å². The molecule has 7 nitrogen and oxygen atoms in total. The van der Waals surface area contributed by atoms with Crippen LogP contribution in [0.25, 0.3) is 0 Å². The molecule has 0 unspecified atom stereocenters. The highest BCUT2D eigenvalue weighted by atomic mass is 16.5. The minimum atomic E-state index is 0.625. The number of anilines is 1. The summed E-state index contributed by atoms with van der Waals surface area (Å²) in [6, 6.07) is 1.78. The summed E-state index contributed by atoms with van der Waals surface area (Å²) in [6.45, 7) is 2.14. The van der Waals surface area contributed by atoms with Gasteiger partial charge >= 0.3 is 0 Å². The molecule has 2 aromatic heterocycles. The van der Waals surface area contributed by atoms with Gasteiger partial charge in [0.2, 0.25) is 5.95 Å². The minimum absolute atomic E-state index is 0.625. The maximum Gasteiger partial charge on any atom is 0.222 e. The fourth-order valence-electron chi connectivity index (χ4n) is 1.53. The molecule has 0 fully saturated rings. The van der Waals surface area contributed by atoms with Gasteiger partial charge in [0.1, 0.15) is 12.2 Å². The number of ether oxygens (including phenoxy) is 1. The highest BCUT2D eigenvalue weighted by molar-refractivity contribution is 5.21. The van der Waals surface area contributed by atoms with Crippen molar-refractivity contribution < 1.29 is 4.74 Å². The van der Waals surface area contributed by atoms with E-state index in [0.29, 0.717) is 12.6 Å². The molecule has 0 saturated heterocycles. The molecule has 2 rings (SSSR count).